The smallest absolute Gasteiger partial charge is 0.0737 e. The standard InChI is InChI=1S/C8H13ClO/c9-7-5-3-1-2-4-6(5)8(7)10/h5-8,10H,1-4H2/i7D,8D. The fourth-order valence-electron chi connectivity index (χ4n) is 2.03. The van der Waals surface area contributed by atoms with Crippen LogP contribution in [0.3, 0.4) is 0 Å². The third-order valence-corrected chi connectivity index (χ3v) is 3.16. The molecule has 2 fully saturated rings. The number of hydrogen-bond acceptors (Lipinski definition) is 1. The Hall–Kier alpha value is 0.250. The summed E-state index contributed by atoms with van der Waals surface area (Å²) >= 11 is 5.80. The second kappa shape index (κ2) is 2.38. The number of halogens is 1. The van der Waals surface area contributed by atoms with Crippen molar-refractivity contribution >= 4 is 11.6 Å². The predicted molar refractivity (Wildman–Crippen MR) is 41.1 cm³/mol. The van der Waals surface area contributed by atoms with Crippen molar-refractivity contribution in [1.82, 2.24) is 0 Å². The molecule has 0 aliphatic heterocycles. The molecule has 1 N–H and O–H groups in total. The lowest BCUT2D eigenvalue weighted by Crippen LogP contribution is -2.53. The van der Waals surface area contributed by atoms with Crippen LogP contribution in [-0.2, 0) is 0 Å². The molecule has 0 aromatic rings. The van der Waals surface area contributed by atoms with Gasteiger partial charge < -0.3 is 5.11 Å². The van der Waals surface area contributed by atoms with Crippen molar-refractivity contribution in [3.8, 4) is 0 Å². The highest BCUT2D eigenvalue weighted by Crippen LogP contribution is 2.47. The second-order valence-electron chi connectivity index (χ2n) is 3.23. The Morgan fingerprint density at radius 3 is 2.50 bits per heavy atom. The van der Waals surface area contributed by atoms with Crippen LogP contribution in [0.4, 0.5) is 0 Å². The van der Waals surface area contributed by atoms with Gasteiger partial charge in [-0.05, 0) is 24.7 Å². The minimum atomic E-state index is -1.71. The topological polar surface area (TPSA) is 20.2 Å². The molecular weight excluding hydrogens is 148 g/mol. The average Bonchev–Trinajstić information content (AvgIpc) is 2.04. The van der Waals surface area contributed by atoms with E-state index in [0.29, 0.717) is 0 Å². The molecule has 0 aromatic carbocycles. The summed E-state index contributed by atoms with van der Waals surface area (Å²) in [5, 5.41) is 8.14. The van der Waals surface area contributed by atoms with Crippen LogP contribution in [-0.4, -0.2) is 16.5 Å². The van der Waals surface area contributed by atoms with Gasteiger partial charge in [0.1, 0.15) is 0 Å². The molecule has 4 unspecified atom stereocenters. The highest BCUT2D eigenvalue weighted by Gasteiger charge is 2.48. The van der Waals surface area contributed by atoms with Crippen LogP contribution in [0.25, 0.3) is 0 Å². The van der Waals surface area contributed by atoms with Crippen LogP contribution in [0.2, 0.25) is 0 Å². The molecule has 2 saturated carbocycles. The molecule has 2 aliphatic rings. The molecular formula is C8H13ClO. The van der Waals surface area contributed by atoms with Gasteiger partial charge in [0.2, 0.25) is 0 Å². The summed E-state index contributed by atoms with van der Waals surface area (Å²) in [6.45, 7) is 0. The number of rotatable bonds is 0. The molecule has 0 spiro atoms. The molecule has 58 valence electrons. The van der Waals surface area contributed by atoms with Gasteiger partial charge in [0.15, 0.2) is 0 Å². The fraction of sp³-hybridized carbons (Fsp3) is 1.00. The average molecular weight is 163 g/mol. The minimum absolute atomic E-state index is 0.0374. The second-order valence-corrected chi connectivity index (χ2v) is 3.64. The molecule has 4 atom stereocenters. The van der Waals surface area contributed by atoms with E-state index in [9.17, 15) is 5.11 Å². The summed E-state index contributed by atoms with van der Waals surface area (Å²) in [4.78, 5) is 0. The SMILES string of the molecule is [2H]C1(O)C2CCCCC2C1([2H])Cl. The largest absolute Gasteiger partial charge is 0.391 e. The molecule has 0 radical (unpaired) electrons. The first-order valence-corrected chi connectivity index (χ1v) is 4.27. The minimum Gasteiger partial charge on any atom is -0.391 e. The highest BCUT2D eigenvalue weighted by molar-refractivity contribution is 6.21. The quantitative estimate of drug-likeness (QED) is 0.539. The zero-order chi connectivity index (χ0) is 8.98. The molecule has 2 heteroatoms. The van der Waals surface area contributed by atoms with Crippen molar-refractivity contribution in [2.24, 2.45) is 11.8 Å². The molecule has 0 bridgehead atoms. The zero-order valence-corrected chi connectivity index (χ0v) is 6.56. The van der Waals surface area contributed by atoms with Gasteiger partial charge in [-0.1, -0.05) is 12.8 Å². The van der Waals surface area contributed by atoms with Gasteiger partial charge in [0, 0.05) is 0 Å². The third kappa shape index (κ3) is 0.802. The molecule has 1 nitrogen and oxygen atoms in total. The normalized spacial score (nSPS) is 71.0. The van der Waals surface area contributed by atoms with Crippen LogP contribution >= 0.6 is 11.6 Å². The van der Waals surface area contributed by atoms with Gasteiger partial charge in [-0.25, -0.2) is 0 Å². The summed E-state index contributed by atoms with van der Waals surface area (Å²) in [5.74, 6) is -0.0170. The van der Waals surface area contributed by atoms with Crippen LogP contribution in [0, 0.1) is 11.8 Å². The van der Waals surface area contributed by atoms with E-state index in [0.717, 1.165) is 25.7 Å². The van der Waals surface area contributed by atoms with Crippen molar-refractivity contribution in [2.75, 3.05) is 0 Å². The maximum Gasteiger partial charge on any atom is 0.0737 e. The van der Waals surface area contributed by atoms with Crippen molar-refractivity contribution in [3.63, 3.8) is 0 Å². The van der Waals surface area contributed by atoms with Gasteiger partial charge in [-0.2, -0.15) is 0 Å². The first-order chi connectivity index (χ1) is 5.48. The van der Waals surface area contributed by atoms with Crippen molar-refractivity contribution in [3.05, 3.63) is 0 Å². The first-order valence-electron chi connectivity index (χ1n) is 4.89. The molecule has 0 heterocycles. The molecule has 10 heavy (non-hydrogen) atoms. The number of fused-ring (bicyclic) bond motifs is 1. The maximum absolute atomic E-state index is 9.58. The lowest BCUT2D eigenvalue weighted by Gasteiger charge is -2.49. The Labute approximate surface area is 69.2 Å². The van der Waals surface area contributed by atoms with E-state index in [2.05, 4.69) is 0 Å². The van der Waals surface area contributed by atoms with Crippen LogP contribution in [0.1, 0.15) is 28.4 Å². The Bertz CT molecular complexity index is 183. The maximum atomic E-state index is 9.58. The monoisotopic (exact) mass is 162 g/mol. The van der Waals surface area contributed by atoms with Crippen molar-refractivity contribution in [2.45, 2.75) is 37.1 Å². The number of alkyl halides is 1. The summed E-state index contributed by atoms with van der Waals surface area (Å²) < 4.78 is 15.2. The highest BCUT2D eigenvalue weighted by atomic mass is 35.5. The van der Waals surface area contributed by atoms with Crippen LogP contribution in [0.5, 0.6) is 0 Å². The van der Waals surface area contributed by atoms with Gasteiger partial charge in [-0.3, -0.25) is 0 Å². The first kappa shape index (κ1) is 5.00. The van der Waals surface area contributed by atoms with Crippen LogP contribution < -0.4 is 0 Å². The van der Waals surface area contributed by atoms with Gasteiger partial charge in [-0.15, -0.1) is 11.6 Å². The lowest BCUT2D eigenvalue weighted by molar-refractivity contribution is -0.0497. The Morgan fingerprint density at radius 1 is 1.30 bits per heavy atom. The lowest BCUT2D eigenvalue weighted by atomic mass is 9.63. The van der Waals surface area contributed by atoms with E-state index in [1.807, 2.05) is 0 Å². The van der Waals surface area contributed by atoms with E-state index in [1.54, 1.807) is 0 Å². The van der Waals surface area contributed by atoms with E-state index in [4.69, 9.17) is 14.3 Å². The Morgan fingerprint density at radius 2 is 1.90 bits per heavy atom. The van der Waals surface area contributed by atoms with E-state index in [-0.39, 0.29) is 11.8 Å². The van der Waals surface area contributed by atoms with Crippen LogP contribution in [0.15, 0.2) is 0 Å². The molecule has 0 aromatic heterocycles. The van der Waals surface area contributed by atoms with E-state index < -0.39 is 11.4 Å². The van der Waals surface area contributed by atoms with E-state index >= 15 is 0 Å². The number of hydrogen-bond donors (Lipinski definition) is 1. The van der Waals surface area contributed by atoms with Gasteiger partial charge in [0.05, 0.1) is 14.2 Å². The fourth-order valence-corrected chi connectivity index (χ4v) is 2.43. The predicted octanol–water partition coefficient (Wildman–Crippen LogP) is 1.77. The van der Waals surface area contributed by atoms with Gasteiger partial charge >= 0.3 is 0 Å². The summed E-state index contributed by atoms with van der Waals surface area (Å²) in [6, 6.07) is 0. The molecule has 0 saturated heterocycles. The summed E-state index contributed by atoms with van der Waals surface area (Å²) in [7, 11) is 0. The Balaban J connectivity index is 2.20. The number of aliphatic hydroxyl groups is 1. The zero-order valence-electron chi connectivity index (χ0n) is 7.81. The molecule has 2 aliphatic carbocycles. The molecule has 0 amide bonds. The van der Waals surface area contributed by atoms with E-state index in [1.165, 1.54) is 0 Å². The molecule has 2 rings (SSSR count). The van der Waals surface area contributed by atoms with Crippen molar-refractivity contribution < 1.29 is 7.85 Å². The third-order valence-electron chi connectivity index (χ3n) is 2.69. The summed E-state index contributed by atoms with van der Waals surface area (Å²) in [6.07, 6.45) is 2.20. The van der Waals surface area contributed by atoms with Gasteiger partial charge in [0.25, 0.3) is 0 Å². The summed E-state index contributed by atoms with van der Waals surface area (Å²) in [5.41, 5.74) is 0. The van der Waals surface area contributed by atoms with Crippen molar-refractivity contribution in [1.29, 1.82) is 0 Å². The Kier molecular flexibility index (Phi) is 1.19.